The number of para-hydroxylation sites is 1. The van der Waals surface area contributed by atoms with Crippen LogP contribution >= 0.6 is 22.6 Å². The number of rotatable bonds is 4. The molecule has 5 heteroatoms. The van der Waals surface area contributed by atoms with Crippen molar-refractivity contribution in [3.63, 3.8) is 0 Å². The Morgan fingerprint density at radius 2 is 1.72 bits per heavy atom. The number of hydrogen-bond acceptors (Lipinski definition) is 2. The van der Waals surface area contributed by atoms with Gasteiger partial charge in [0.05, 0.1) is 11.9 Å². The monoisotopic (exact) mass is 499 g/mol. The Balaban J connectivity index is 1.75. The zero-order valence-electron chi connectivity index (χ0n) is 17.5. The van der Waals surface area contributed by atoms with Gasteiger partial charge < -0.3 is 4.57 Å². The molecule has 1 amide bonds. The lowest BCUT2D eigenvalue weighted by molar-refractivity contribution is 0.0955. The van der Waals surface area contributed by atoms with Crippen LogP contribution in [0.4, 0.5) is 0 Å². The van der Waals surface area contributed by atoms with Crippen LogP contribution in [0.25, 0.3) is 5.69 Å². The molecule has 0 aliphatic carbocycles. The summed E-state index contributed by atoms with van der Waals surface area (Å²) < 4.78 is 3.39. The lowest BCUT2D eigenvalue weighted by Gasteiger charge is -2.18. The zero-order chi connectivity index (χ0) is 21.2. The minimum atomic E-state index is -0.215. The van der Waals surface area contributed by atoms with Crippen LogP contribution in [-0.4, -0.2) is 16.7 Å². The van der Waals surface area contributed by atoms with Crippen molar-refractivity contribution in [2.45, 2.75) is 40.0 Å². The first-order chi connectivity index (χ1) is 13.7. The molecule has 0 saturated carbocycles. The van der Waals surface area contributed by atoms with Gasteiger partial charge >= 0.3 is 0 Å². The van der Waals surface area contributed by atoms with Crippen LogP contribution in [0.5, 0.6) is 0 Å². The van der Waals surface area contributed by atoms with Gasteiger partial charge in [0.1, 0.15) is 0 Å². The van der Waals surface area contributed by atoms with E-state index in [2.05, 4.69) is 90.5 Å². The molecule has 0 saturated heterocycles. The van der Waals surface area contributed by atoms with Crippen LogP contribution in [0.3, 0.4) is 0 Å². The molecule has 0 fully saturated rings. The Morgan fingerprint density at radius 1 is 1.07 bits per heavy atom. The molecule has 0 atom stereocenters. The minimum absolute atomic E-state index is 0.0618. The van der Waals surface area contributed by atoms with Gasteiger partial charge in [0.2, 0.25) is 0 Å². The Bertz CT molecular complexity index is 1060. The zero-order valence-corrected chi connectivity index (χ0v) is 19.6. The molecule has 4 nitrogen and oxygen atoms in total. The van der Waals surface area contributed by atoms with Gasteiger partial charge in [-0.05, 0) is 77.7 Å². The summed E-state index contributed by atoms with van der Waals surface area (Å²) in [7, 11) is 0. The summed E-state index contributed by atoms with van der Waals surface area (Å²) in [6.07, 6.45) is 1.70. The fraction of sp³-hybridized carbons (Fsp3) is 0.250. The molecule has 29 heavy (non-hydrogen) atoms. The summed E-state index contributed by atoms with van der Waals surface area (Å²) in [4.78, 5) is 12.4. The van der Waals surface area contributed by atoms with E-state index in [9.17, 15) is 4.79 Å². The average Bonchev–Trinajstić information content (AvgIpc) is 2.95. The second kappa shape index (κ2) is 8.53. The summed E-state index contributed by atoms with van der Waals surface area (Å²) in [5.41, 5.74) is 8.81. The van der Waals surface area contributed by atoms with Gasteiger partial charge in [0, 0.05) is 26.1 Å². The summed E-state index contributed by atoms with van der Waals surface area (Å²) in [5, 5.41) is 4.18. The third kappa shape index (κ3) is 4.78. The number of benzene rings is 2. The lowest BCUT2D eigenvalue weighted by Crippen LogP contribution is -2.18. The van der Waals surface area contributed by atoms with E-state index in [0.29, 0.717) is 5.56 Å². The fourth-order valence-electron chi connectivity index (χ4n) is 3.27. The van der Waals surface area contributed by atoms with Crippen LogP contribution < -0.4 is 5.43 Å². The first-order valence-corrected chi connectivity index (χ1v) is 10.6. The van der Waals surface area contributed by atoms with Gasteiger partial charge in [0.15, 0.2) is 0 Å². The normalized spacial score (nSPS) is 11.8. The maximum atomic E-state index is 12.4. The van der Waals surface area contributed by atoms with Crippen LogP contribution in [0.2, 0.25) is 0 Å². The lowest BCUT2D eigenvalue weighted by atomic mass is 9.87. The third-order valence-electron chi connectivity index (χ3n) is 4.95. The number of hydrazone groups is 1. The van der Waals surface area contributed by atoms with Crippen molar-refractivity contribution in [1.29, 1.82) is 0 Å². The third-order valence-corrected chi connectivity index (χ3v) is 5.86. The quantitative estimate of drug-likeness (QED) is 0.277. The highest BCUT2D eigenvalue weighted by molar-refractivity contribution is 14.1. The summed E-state index contributed by atoms with van der Waals surface area (Å²) in [6.45, 7) is 10.6. The number of aryl methyl sites for hydroxylation is 1. The van der Waals surface area contributed by atoms with E-state index in [1.54, 1.807) is 6.21 Å². The van der Waals surface area contributed by atoms with Crippen molar-refractivity contribution in [2.75, 3.05) is 0 Å². The van der Waals surface area contributed by atoms with E-state index < -0.39 is 0 Å². The fourth-order valence-corrected chi connectivity index (χ4v) is 3.90. The number of carbonyl (C=O) groups excluding carboxylic acids is 1. The second-order valence-corrected chi connectivity index (χ2v) is 9.30. The molecule has 0 aliphatic rings. The largest absolute Gasteiger partial charge is 0.317 e. The van der Waals surface area contributed by atoms with Crippen molar-refractivity contribution in [3.8, 4) is 5.69 Å². The Morgan fingerprint density at radius 3 is 2.34 bits per heavy atom. The maximum absolute atomic E-state index is 12.4. The highest BCUT2D eigenvalue weighted by Gasteiger charge is 2.14. The van der Waals surface area contributed by atoms with Gasteiger partial charge in [-0.3, -0.25) is 4.79 Å². The Labute approximate surface area is 186 Å². The first kappa shape index (κ1) is 21.3. The summed E-state index contributed by atoms with van der Waals surface area (Å²) in [6, 6.07) is 18.0. The molecule has 0 aliphatic heterocycles. The van der Waals surface area contributed by atoms with Crippen LogP contribution in [0.1, 0.15) is 53.6 Å². The van der Waals surface area contributed by atoms with Gasteiger partial charge in [0.25, 0.3) is 5.91 Å². The number of halogens is 1. The van der Waals surface area contributed by atoms with Crippen LogP contribution in [0, 0.1) is 17.4 Å². The number of aromatic nitrogens is 1. The highest BCUT2D eigenvalue weighted by atomic mass is 127. The molecule has 1 heterocycles. The summed E-state index contributed by atoms with van der Waals surface area (Å²) in [5.74, 6) is -0.215. The molecule has 2 aromatic carbocycles. The molecule has 0 radical (unpaired) electrons. The molecule has 3 rings (SSSR count). The van der Waals surface area contributed by atoms with E-state index in [1.165, 1.54) is 9.13 Å². The molecule has 3 aromatic rings. The number of amides is 1. The Kier molecular flexibility index (Phi) is 6.27. The Hall–Kier alpha value is -2.41. The van der Waals surface area contributed by atoms with Gasteiger partial charge in [-0.2, -0.15) is 5.10 Å². The number of nitrogens with one attached hydrogen (secondary N) is 1. The van der Waals surface area contributed by atoms with Crippen molar-refractivity contribution in [2.24, 2.45) is 5.10 Å². The van der Waals surface area contributed by atoms with Gasteiger partial charge in [-0.1, -0.05) is 45.0 Å². The smallest absolute Gasteiger partial charge is 0.271 e. The predicted octanol–water partition coefficient (Wildman–Crippen LogP) is 5.76. The van der Waals surface area contributed by atoms with Gasteiger partial charge in [-0.25, -0.2) is 5.43 Å². The van der Waals surface area contributed by atoms with E-state index in [1.807, 2.05) is 36.4 Å². The molecule has 0 spiro atoms. The molecule has 0 unspecified atom stereocenters. The number of hydrogen-bond donors (Lipinski definition) is 1. The molecule has 150 valence electrons. The van der Waals surface area contributed by atoms with E-state index in [4.69, 9.17) is 0 Å². The van der Waals surface area contributed by atoms with E-state index in [0.717, 1.165) is 22.6 Å². The topological polar surface area (TPSA) is 46.4 Å². The molecular formula is C24H26IN3O. The standard InChI is InChI=1S/C24H26IN3O/c1-16-14-19(17(2)28(16)22-9-7-6-8-21(22)25)15-26-27-23(29)18-10-12-20(13-11-18)24(3,4)5/h6-15H,1-5H3,(H,27,29)/b26-15-. The van der Waals surface area contributed by atoms with E-state index >= 15 is 0 Å². The predicted molar refractivity (Wildman–Crippen MR) is 128 cm³/mol. The minimum Gasteiger partial charge on any atom is -0.317 e. The van der Waals surface area contributed by atoms with Crippen molar-refractivity contribution in [3.05, 3.63) is 86.2 Å². The van der Waals surface area contributed by atoms with Crippen molar-refractivity contribution >= 4 is 34.7 Å². The number of carbonyl (C=O) groups is 1. The number of nitrogens with zero attached hydrogens (tertiary/aromatic N) is 2. The van der Waals surface area contributed by atoms with Crippen molar-refractivity contribution in [1.82, 2.24) is 9.99 Å². The average molecular weight is 499 g/mol. The van der Waals surface area contributed by atoms with Gasteiger partial charge in [-0.15, -0.1) is 0 Å². The highest BCUT2D eigenvalue weighted by Crippen LogP contribution is 2.24. The summed E-state index contributed by atoms with van der Waals surface area (Å²) >= 11 is 2.35. The maximum Gasteiger partial charge on any atom is 0.271 e. The van der Waals surface area contributed by atoms with E-state index in [-0.39, 0.29) is 11.3 Å². The molecule has 1 aromatic heterocycles. The second-order valence-electron chi connectivity index (χ2n) is 8.14. The first-order valence-electron chi connectivity index (χ1n) is 9.56. The molecular weight excluding hydrogens is 473 g/mol. The van der Waals surface area contributed by atoms with Crippen LogP contribution in [-0.2, 0) is 5.41 Å². The van der Waals surface area contributed by atoms with Crippen LogP contribution in [0.15, 0.2) is 59.7 Å². The molecule has 0 bridgehead atoms. The van der Waals surface area contributed by atoms with Crippen molar-refractivity contribution < 1.29 is 4.79 Å². The SMILES string of the molecule is Cc1cc(/C=N\NC(=O)c2ccc(C(C)(C)C)cc2)c(C)n1-c1ccccc1I. The molecule has 1 N–H and O–H groups in total.